The van der Waals surface area contributed by atoms with Crippen LogP contribution in [0.4, 0.5) is 18.9 Å². The van der Waals surface area contributed by atoms with E-state index in [1.807, 2.05) is 29.2 Å². The molecule has 0 unspecified atom stereocenters. The van der Waals surface area contributed by atoms with Crippen LogP contribution in [-0.2, 0) is 12.7 Å². The molecule has 4 rings (SSSR count). The highest BCUT2D eigenvalue weighted by Crippen LogP contribution is 2.37. The Labute approximate surface area is 202 Å². The van der Waals surface area contributed by atoms with Crippen molar-refractivity contribution in [2.24, 2.45) is 0 Å². The second-order valence-electron chi connectivity index (χ2n) is 8.27. The number of nitrogens with zero attached hydrogens (tertiary/aromatic N) is 3. The van der Waals surface area contributed by atoms with E-state index in [4.69, 9.17) is 14.0 Å². The molecule has 2 aromatic carbocycles. The van der Waals surface area contributed by atoms with E-state index in [1.54, 1.807) is 20.3 Å². The second-order valence-corrected chi connectivity index (χ2v) is 8.27. The lowest BCUT2D eigenvalue weighted by atomic mass is 10.1. The van der Waals surface area contributed by atoms with Gasteiger partial charge in [-0.25, -0.2) is 0 Å². The van der Waals surface area contributed by atoms with Crippen LogP contribution in [0.15, 0.2) is 53.1 Å². The Hall–Kier alpha value is -3.24. The number of alkyl halides is 3. The molecule has 1 aromatic heterocycles. The zero-order valence-corrected chi connectivity index (χ0v) is 19.8. The number of piperazine rings is 1. The van der Waals surface area contributed by atoms with Crippen LogP contribution in [0, 0.1) is 0 Å². The van der Waals surface area contributed by atoms with Gasteiger partial charge >= 0.3 is 6.18 Å². The number of para-hydroxylation sites is 1. The Balaban J connectivity index is 1.23. The Bertz CT molecular complexity index is 1110. The van der Waals surface area contributed by atoms with Gasteiger partial charge in [0, 0.05) is 56.6 Å². The SMILES string of the molecule is COc1cccc(-c2cc(CNCCN3CCN(c4cccc(C(F)(F)F)c4)CC3)on2)c1OC. The summed E-state index contributed by atoms with van der Waals surface area (Å²) in [6.45, 7) is 5.08. The van der Waals surface area contributed by atoms with Gasteiger partial charge in [0.2, 0.25) is 0 Å². The Morgan fingerprint density at radius 2 is 1.77 bits per heavy atom. The van der Waals surface area contributed by atoms with E-state index in [0.717, 1.165) is 37.8 Å². The van der Waals surface area contributed by atoms with E-state index in [0.29, 0.717) is 48.3 Å². The molecule has 0 amide bonds. The first kappa shape index (κ1) is 24.9. The van der Waals surface area contributed by atoms with Gasteiger partial charge in [-0.15, -0.1) is 0 Å². The van der Waals surface area contributed by atoms with Crippen LogP contribution in [0.25, 0.3) is 11.3 Å². The van der Waals surface area contributed by atoms with Crippen LogP contribution in [0.2, 0.25) is 0 Å². The number of rotatable bonds is 9. The fourth-order valence-corrected chi connectivity index (χ4v) is 4.17. The standard InChI is InChI=1S/C25H29F3N4O3/c1-33-23-8-4-7-21(24(23)34-2)22-16-20(35-30-22)17-29-9-10-31-11-13-32(14-12-31)19-6-3-5-18(15-19)25(26,27)28/h3-8,15-16,29H,9-14,17H2,1-2H3. The van der Waals surface area contributed by atoms with Gasteiger partial charge in [-0.2, -0.15) is 13.2 Å². The minimum atomic E-state index is -4.33. The average molecular weight is 491 g/mol. The monoisotopic (exact) mass is 490 g/mol. The predicted octanol–water partition coefficient (Wildman–Crippen LogP) is 4.29. The van der Waals surface area contributed by atoms with E-state index < -0.39 is 11.7 Å². The first-order chi connectivity index (χ1) is 16.9. The van der Waals surface area contributed by atoms with Gasteiger partial charge in [0.05, 0.1) is 26.3 Å². The average Bonchev–Trinajstić information content (AvgIpc) is 3.35. The number of benzene rings is 2. The van der Waals surface area contributed by atoms with Crippen LogP contribution in [-0.4, -0.2) is 63.5 Å². The molecule has 0 spiro atoms. The first-order valence-corrected chi connectivity index (χ1v) is 11.4. The van der Waals surface area contributed by atoms with E-state index in [-0.39, 0.29) is 0 Å². The molecular formula is C25H29F3N4O3. The molecule has 1 N–H and O–H groups in total. The summed E-state index contributed by atoms with van der Waals surface area (Å²) in [5.74, 6) is 1.94. The Kier molecular flexibility index (Phi) is 7.82. The van der Waals surface area contributed by atoms with E-state index in [2.05, 4.69) is 15.4 Å². The molecule has 0 radical (unpaired) electrons. The molecule has 0 bridgehead atoms. The fraction of sp³-hybridized carbons (Fsp3) is 0.400. The van der Waals surface area contributed by atoms with Crippen molar-refractivity contribution < 1.29 is 27.2 Å². The number of ether oxygens (including phenoxy) is 2. The molecule has 0 aliphatic carbocycles. The maximum Gasteiger partial charge on any atom is 0.416 e. The molecule has 1 aliphatic rings. The van der Waals surface area contributed by atoms with Crippen molar-refractivity contribution in [3.05, 3.63) is 59.9 Å². The van der Waals surface area contributed by atoms with Gasteiger partial charge in [-0.3, -0.25) is 4.90 Å². The second kappa shape index (κ2) is 11.0. The summed E-state index contributed by atoms with van der Waals surface area (Å²) in [5.41, 5.74) is 1.47. The van der Waals surface area contributed by atoms with Gasteiger partial charge in [0.15, 0.2) is 17.3 Å². The van der Waals surface area contributed by atoms with Gasteiger partial charge in [0.1, 0.15) is 5.69 Å². The number of nitrogens with one attached hydrogen (secondary N) is 1. The van der Waals surface area contributed by atoms with Crippen LogP contribution >= 0.6 is 0 Å². The molecule has 1 saturated heterocycles. The van der Waals surface area contributed by atoms with Crippen molar-refractivity contribution in [2.75, 3.05) is 58.4 Å². The Morgan fingerprint density at radius 3 is 2.49 bits per heavy atom. The molecular weight excluding hydrogens is 461 g/mol. The molecule has 1 aliphatic heterocycles. The lowest BCUT2D eigenvalue weighted by Crippen LogP contribution is -2.48. The van der Waals surface area contributed by atoms with Crippen molar-refractivity contribution in [1.82, 2.24) is 15.4 Å². The lowest BCUT2D eigenvalue weighted by molar-refractivity contribution is -0.137. The predicted molar refractivity (Wildman–Crippen MR) is 127 cm³/mol. The zero-order valence-electron chi connectivity index (χ0n) is 19.8. The third-order valence-electron chi connectivity index (χ3n) is 6.05. The molecule has 0 saturated carbocycles. The highest BCUT2D eigenvalue weighted by Gasteiger charge is 2.31. The van der Waals surface area contributed by atoms with Crippen molar-refractivity contribution in [3.8, 4) is 22.8 Å². The number of hydrogen-bond acceptors (Lipinski definition) is 7. The molecule has 1 fully saturated rings. The maximum absolute atomic E-state index is 13.0. The van der Waals surface area contributed by atoms with Crippen LogP contribution in [0.1, 0.15) is 11.3 Å². The minimum absolute atomic E-state index is 0.531. The van der Waals surface area contributed by atoms with Crippen molar-refractivity contribution in [1.29, 1.82) is 0 Å². The quantitative estimate of drug-likeness (QED) is 0.449. The minimum Gasteiger partial charge on any atom is -0.493 e. The van der Waals surface area contributed by atoms with E-state index >= 15 is 0 Å². The molecule has 10 heteroatoms. The summed E-state index contributed by atoms with van der Waals surface area (Å²) in [5, 5.41) is 7.52. The van der Waals surface area contributed by atoms with Crippen molar-refractivity contribution in [2.45, 2.75) is 12.7 Å². The molecule has 0 atom stereocenters. The number of anilines is 1. The molecule has 188 valence electrons. The summed E-state index contributed by atoms with van der Waals surface area (Å²) in [7, 11) is 3.17. The highest BCUT2D eigenvalue weighted by atomic mass is 19.4. The third kappa shape index (κ3) is 6.07. The summed E-state index contributed by atoms with van der Waals surface area (Å²) < 4.78 is 55.3. The molecule has 35 heavy (non-hydrogen) atoms. The maximum atomic E-state index is 13.0. The summed E-state index contributed by atoms with van der Waals surface area (Å²) in [6.07, 6.45) is -4.33. The smallest absolute Gasteiger partial charge is 0.416 e. The van der Waals surface area contributed by atoms with Crippen LogP contribution in [0.3, 0.4) is 0 Å². The van der Waals surface area contributed by atoms with Gasteiger partial charge in [0.25, 0.3) is 0 Å². The molecule has 3 aromatic rings. The van der Waals surface area contributed by atoms with E-state index in [9.17, 15) is 13.2 Å². The van der Waals surface area contributed by atoms with Crippen LogP contribution in [0.5, 0.6) is 11.5 Å². The van der Waals surface area contributed by atoms with E-state index in [1.165, 1.54) is 12.1 Å². The first-order valence-electron chi connectivity index (χ1n) is 11.4. The van der Waals surface area contributed by atoms with Gasteiger partial charge in [-0.1, -0.05) is 17.3 Å². The van der Waals surface area contributed by atoms with Crippen molar-refractivity contribution in [3.63, 3.8) is 0 Å². The normalized spacial score (nSPS) is 14.8. The molecule has 2 heterocycles. The number of methoxy groups -OCH3 is 2. The molecule has 7 nitrogen and oxygen atoms in total. The highest BCUT2D eigenvalue weighted by molar-refractivity contribution is 5.71. The third-order valence-corrected chi connectivity index (χ3v) is 6.05. The van der Waals surface area contributed by atoms with Crippen molar-refractivity contribution >= 4 is 5.69 Å². The summed E-state index contributed by atoms with van der Waals surface area (Å²) in [4.78, 5) is 4.30. The summed E-state index contributed by atoms with van der Waals surface area (Å²) >= 11 is 0. The van der Waals surface area contributed by atoms with Gasteiger partial charge in [-0.05, 0) is 30.3 Å². The Morgan fingerprint density at radius 1 is 1.00 bits per heavy atom. The largest absolute Gasteiger partial charge is 0.493 e. The fourth-order valence-electron chi connectivity index (χ4n) is 4.17. The van der Waals surface area contributed by atoms with Crippen LogP contribution < -0.4 is 19.7 Å². The number of aromatic nitrogens is 1. The lowest BCUT2D eigenvalue weighted by Gasteiger charge is -2.36. The topological polar surface area (TPSA) is 63.0 Å². The number of halogens is 3. The summed E-state index contributed by atoms with van der Waals surface area (Å²) in [6, 6.07) is 13.0. The van der Waals surface area contributed by atoms with Gasteiger partial charge < -0.3 is 24.2 Å². The number of hydrogen-bond donors (Lipinski definition) is 1. The zero-order chi connectivity index (χ0) is 24.8.